The van der Waals surface area contributed by atoms with Gasteiger partial charge in [0.2, 0.25) is 5.89 Å². The third kappa shape index (κ3) is 3.41. The number of hydrogen-bond donors (Lipinski definition) is 0. The van der Waals surface area contributed by atoms with Crippen LogP contribution in [0.1, 0.15) is 21.8 Å². The fourth-order valence-corrected chi connectivity index (χ4v) is 3.06. The van der Waals surface area contributed by atoms with Crippen LogP contribution in [0.2, 0.25) is 0 Å². The number of oxazole rings is 1. The Labute approximate surface area is 149 Å². The maximum Gasteiger partial charge on any atom is 0.226 e. The number of hydrogen-bond acceptors (Lipinski definition) is 4. The van der Waals surface area contributed by atoms with Gasteiger partial charge in [0.1, 0.15) is 17.4 Å². The molecule has 3 aromatic rings. The van der Waals surface area contributed by atoms with Gasteiger partial charge in [0, 0.05) is 30.6 Å². The predicted octanol–water partition coefficient (Wildman–Crippen LogP) is 3.86. The molecule has 0 amide bonds. The van der Waals surface area contributed by atoms with Crippen molar-refractivity contribution in [3.8, 4) is 11.5 Å². The zero-order valence-electron chi connectivity index (χ0n) is 13.9. The minimum Gasteiger partial charge on any atom is -0.441 e. The number of fused-ring (bicyclic) bond motifs is 1. The van der Waals surface area contributed by atoms with Crippen LogP contribution >= 0.6 is 0 Å². The van der Waals surface area contributed by atoms with E-state index in [0.717, 1.165) is 11.5 Å². The molecule has 4 nitrogen and oxygen atoms in total. The quantitative estimate of drug-likeness (QED) is 0.668. The highest BCUT2D eigenvalue weighted by Gasteiger charge is 2.24. The van der Waals surface area contributed by atoms with Crippen molar-refractivity contribution in [2.75, 3.05) is 13.1 Å². The molecule has 4 rings (SSSR count). The lowest BCUT2D eigenvalue weighted by Crippen LogP contribution is -2.34. The average Bonchev–Trinajstić information content (AvgIpc) is 3.05. The molecule has 0 bridgehead atoms. The summed E-state index contributed by atoms with van der Waals surface area (Å²) in [7, 11) is 0. The molecule has 2 heterocycles. The second-order valence-corrected chi connectivity index (χ2v) is 6.29. The molecular weight excluding hydrogens is 338 g/mol. The summed E-state index contributed by atoms with van der Waals surface area (Å²) >= 11 is 0. The summed E-state index contributed by atoms with van der Waals surface area (Å²) in [5.41, 5.74) is 1.84. The maximum absolute atomic E-state index is 13.4. The van der Waals surface area contributed by atoms with Crippen molar-refractivity contribution in [3.63, 3.8) is 0 Å². The lowest BCUT2D eigenvalue weighted by molar-refractivity contribution is 0.0918. The van der Waals surface area contributed by atoms with E-state index in [-0.39, 0.29) is 24.0 Å². The van der Waals surface area contributed by atoms with Crippen molar-refractivity contribution in [2.24, 2.45) is 0 Å². The SMILES string of the molecule is O=C(CN1CCc2oc(-c3cccc(F)c3)nc2C1)c1ccc(F)cc1. The summed E-state index contributed by atoms with van der Waals surface area (Å²) in [6, 6.07) is 11.7. The first-order chi connectivity index (χ1) is 12.6. The highest BCUT2D eigenvalue weighted by atomic mass is 19.1. The Hall–Kier alpha value is -2.86. The number of carbonyl (C=O) groups excluding carboxylic acids is 1. The number of aromatic nitrogens is 1. The molecule has 0 saturated carbocycles. The van der Waals surface area contributed by atoms with Crippen LogP contribution in [0.4, 0.5) is 8.78 Å². The molecule has 0 radical (unpaired) electrons. The number of nitrogens with zero attached hydrogens (tertiary/aromatic N) is 2. The highest BCUT2D eigenvalue weighted by Crippen LogP contribution is 2.26. The fourth-order valence-electron chi connectivity index (χ4n) is 3.06. The van der Waals surface area contributed by atoms with E-state index < -0.39 is 0 Å². The minimum atomic E-state index is -0.364. The number of ketones is 1. The predicted molar refractivity (Wildman–Crippen MR) is 91.6 cm³/mol. The first-order valence-electron chi connectivity index (χ1n) is 8.34. The Morgan fingerprint density at radius 1 is 1.12 bits per heavy atom. The summed E-state index contributed by atoms with van der Waals surface area (Å²) in [5.74, 6) is 0.389. The standard InChI is InChI=1S/C20H16F2N2O2/c21-15-6-4-13(5-7-15)18(25)12-24-9-8-19-17(11-24)23-20(26-19)14-2-1-3-16(22)10-14/h1-7,10H,8-9,11-12H2. The largest absolute Gasteiger partial charge is 0.441 e. The van der Waals surface area contributed by atoms with Gasteiger partial charge in [-0.1, -0.05) is 6.07 Å². The van der Waals surface area contributed by atoms with Gasteiger partial charge < -0.3 is 4.42 Å². The zero-order valence-corrected chi connectivity index (χ0v) is 13.9. The maximum atomic E-state index is 13.4. The van der Waals surface area contributed by atoms with Crippen LogP contribution in [0.25, 0.3) is 11.5 Å². The van der Waals surface area contributed by atoms with E-state index in [1.807, 2.05) is 4.90 Å². The van der Waals surface area contributed by atoms with Gasteiger partial charge >= 0.3 is 0 Å². The third-order valence-electron chi connectivity index (χ3n) is 4.41. The van der Waals surface area contributed by atoms with E-state index in [0.29, 0.717) is 36.5 Å². The monoisotopic (exact) mass is 354 g/mol. The molecule has 1 aliphatic rings. The Morgan fingerprint density at radius 2 is 1.92 bits per heavy atom. The molecule has 1 aromatic heterocycles. The van der Waals surface area contributed by atoms with Crippen LogP contribution in [0.5, 0.6) is 0 Å². The van der Waals surface area contributed by atoms with E-state index in [4.69, 9.17) is 4.42 Å². The Balaban J connectivity index is 1.48. The van der Waals surface area contributed by atoms with Gasteiger partial charge in [-0.3, -0.25) is 9.69 Å². The zero-order chi connectivity index (χ0) is 18.1. The summed E-state index contributed by atoms with van der Waals surface area (Å²) in [4.78, 5) is 18.8. The molecular formula is C20H16F2N2O2. The van der Waals surface area contributed by atoms with E-state index in [9.17, 15) is 13.6 Å². The highest BCUT2D eigenvalue weighted by molar-refractivity contribution is 5.97. The second kappa shape index (κ2) is 6.80. The summed E-state index contributed by atoms with van der Waals surface area (Å²) in [6.45, 7) is 1.38. The van der Waals surface area contributed by atoms with Crippen LogP contribution in [0, 0.1) is 11.6 Å². The Kier molecular flexibility index (Phi) is 4.34. The average molecular weight is 354 g/mol. The number of Topliss-reactive ketones (excluding diaryl/α,β-unsaturated/α-hetero) is 1. The van der Waals surface area contributed by atoms with E-state index >= 15 is 0 Å². The molecule has 0 atom stereocenters. The third-order valence-corrected chi connectivity index (χ3v) is 4.41. The number of benzene rings is 2. The lowest BCUT2D eigenvalue weighted by atomic mass is 10.1. The second-order valence-electron chi connectivity index (χ2n) is 6.29. The molecule has 1 aliphatic heterocycles. The van der Waals surface area contributed by atoms with Gasteiger partial charge in [-0.2, -0.15) is 0 Å². The topological polar surface area (TPSA) is 46.3 Å². The molecule has 132 valence electrons. The van der Waals surface area contributed by atoms with Crippen molar-refractivity contribution in [1.82, 2.24) is 9.88 Å². The molecule has 0 spiro atoms. The number of carbonyl (C=O) groups is 1. The first kappa shape index (κ1) is 16.6. The number of rotatable bonds is 4. The van der Waals surface area contributed by atoms with Crippen molar-refractivity contribution in [1.29, 1.82) is 0 Å². The van der Waals surface area contributed by atoms with Crippen LogP contribution in [-0.4, -0.2) is 28.8 Å². The molecule has 26 heavy (non-hydrogen) atoms. The Morgan fingerprint density at radius 3 is 2.69 bits per heavy atom. The van der Waals surface area contributed by atoms with E-state index in [1.54, 1.807) is 12.1 Å². The van der Waals surface area contributed by atoms with Crippen LogP contribution in [-0.2, 0) is 13.0 Å². The van der Waals surface area contributed by atoms with Crippen molar-refractivity contribution in [3.05, 3.63) is 77.2 Å². The van der Waals surface area contributed by atoms with Crippen LogP contribution in [0.3, 0.4) is 0 Å². The van der Waals surface area contributed by atoms with Gasteiger partial charge in [-0.25, -0.2) is 13.8 Å². The Bertz CT molecular complexity index is 951. The van der Waals surface area contributed by atoms with Crippen molar-refractivity contribution < 1.29 is 18.0 Å². The molecule has 0 saturated heterocycles. The first-order valence-corrected chi connectivity index (χ1v) is 8.34. The number of halogens is 2. The summed E-state index contributed by atoms with van der Waals surface area (Å²) in [5, 5.41) is 0. The minimum absolute atomic E-state index is 0.0673. The van der Waals surface area contributed by atoms with Crippen LogP contribution in [0.15, 0.2) is 52.9 Å². The van der Waals surface area contributed by atoms with Crippen molar-refractivity contribution >= 4 is 5.78 Å². The smallest absolute Gasteiger partial charge is 0.226 e. The molecule has 6 heteroatoms. The molecule has 0 unspecified atom stereocenters. The summed E-state index contributed by atoms with van der Waals surface area (Å²) < 4.78 is 32.1. The van der Waals surface area contributed by atoms with Gasteiger partial charge in [-0.05, 0) is 42.5 Å². The fraction of sp³-hybridized carbons (Fsp3) is 0.200. The van der Waals surface area contributed by atoms with Crippen LogP contribution < -0.4 is 0 Å². The normalized spacial score (nSPS) is 14.2. The summed E-state index contributed by atoms with van der Waals surface area (Å²) in [6.07, 6.45) is 0.633. The van der Waals surface area contributed by atoms with E-state index in [1.165, 1.54) is 36.4 Å². The molecule has 2 aromatic carbocycles. The molecule has 0 fully saturated rings. The van der Waals surface area contributed by atoms with Gasteiger partial charge in [-0.15, -0.1) is 0 Å². The van der Waals surface area contributed by atoms with Gasteiger partial charge in [0.15, 0.2) is 5.78 Å². The van der Waals surface area contributed by atoms with Gasteiger partial charge in [0.05, 0.1) is 12.2 Å². The lowest BCUT2D eigenvalue weighted by Gasteiger charge is -2.24. The van der Waals surface area contributed by atoms with Gasteiger partial charge in [0.25, 0.3) is 0 Å². The van der Waals surface area contributed by atoms with Crippen molar-refractivity contribution in [2.45, 2.75) is 13.0 Å². The van der Waals surface area contributed by atoms with E-state index in [2.05, 4.69) is 4.98 Å². The molecule has 0 N–H and O–H groups in total. The molecule has 0 aliphatic carbocycles.